The average Bonchev–Trinajstić information content (AvgIpc) is 3.07. The number of phenolic OH excluding ortho intramolecular Hbond substituents is 2. The predicted octanol–water partition coefficient (Wildman–Crippen LogP) is 5.74. The topological polar surface area (TPSA) is 317 Å². The molecule has 0 aliphatic heterocycles. The number of anilines is 4. The standard InChI is InChI=1S/C32H25N7O11S3.3Na/c33-18-3-1-16-11-27(52(45,46)47)29(31(40)23(16)13-18)38-36-21-7-5-20(6-8-21)35-25-10-9-22(15-26(25)51(42,43)44)37-39-30-28(53(48,49)50)12-17-2-4-19(34)14-24(17)32(30)41;;;/h1-15,35,40-41H,33-34H2,(H,42,43,44)(H,45,46,47)(H,48,49,50);;;. The van der Waals surface area contributed by atoms with E-state index in [2.05, 4.69) is 25.8 Å². The molecule has 0 aromatic heterocycles. The van der Waals surface area contributed by atoms with E-state index < -0.39 is 67.9 Å². The summed E-state index contributed by atoms with van der Waals surface area (Å²) in [6, 6.07) is 19.7. The van der Waals surface area contributed by atoms with E-state index in [1.54, 1.807) is 0 Å². The first-order valence-electron chi connectivity index (χ1n) is 14.7. The number of hydrogen-bond donors (Lipinski definition) is 8. The molecule has 0 atom stereocenters. The van der Waals surface area contributed by atoms with Crippen LogP contribution in [0.4, 0.5) is 45.5 Å². The zero-order valence-corrected chi connectivity index (χ0v) is 38.0. The van der Waals surface area contributed by atoms with Crippen molar-refractivity contribution in [3.05, 3.63) is 91.0 Å². The Kier molecular flexibility index (Phi) is 15.3. The average molecular weight is 849 g/mol. The smallest absolute Gasteiger partial charge is 0.296 e. The van der Waals surface area contributed by atoms with Crippen LogP contribution in [0.15, 0.2) is 126 Å². The normalized spacial score (nSPS) is 12.0. The molecule has 0 fully saturated rings. The molecule has 24 heteroatoms. The molecule has 0 aliphatic rings. The zero-order chi connectivity index (χ0) is 38.5. The molecule has 0 spiro atoms. The second-order valence-corrected chi connectivity index (χ2v) is 15.5. The van der Waals surface area contributed by atoms with Gasteiger partial charge in [0.15, 0.2) is 11.5 Å². The summed E-state index contributed by atoms with van der Waals surface area (Å²) in [5, 5.41) is 40.5. The van der Waals surface area contributed by atoms with Crippen LogP contribution in [-0.2, 0) is 30.4 Å². The summed E-state index contributed by atoms with van der Waals surface area (Å²) in [7, 11) is -14.7. The van der Waals surface area contributed by atoms with Crippen molar-refractivity contribution < 1.29 is 49.1 Å². The van der Waals surface area contributed by atoms with Crippen LogP contribution in [-0.4, -0.2) is 138 Å². The molecule has 10 N–H and O–H groups in total. The van der Waals surface area contributed by atoms with Crippen molar-refractivity contribution in [2.45, 2.75) is 14.7 Å². The summed E-state index contributed by atoms with van der Waals surface area (Å²) in [6.07, 6.45) is 0. The molecular formula is C32H25N7Na3O11S3. The number of azo groups is 2. The number of hydrogen-bond acceptors (Lipinski definition) is 15. The summed E-state index contributed by atoms with van der Waals surface area (Å²) in [5.41, 5.74) is 10.9. The molecule has 0 unspecified atom stereocenters. The third-order valence-electron chi connectivity index (χ3n) is 7.63. The second-order valence-electron chi connectivity index (χ2n) is 11.3. The molecule has 56 heavy (non-hydrogen) atoms. The van der Waals surface area contributed by atoms with Gasteiger partial charge in [-0.1, -0.05) is 12.1 Å². The van der Waals surface area contributed by atoms with Gasteiger partial charge in [-0.3, -0.25) is 13.7 Å². The first kappa shape index (κ1) is 47.1. The van der Waals surface area contributed by atoms with Crippen LogP contribution in [0.1, 0.15) is 0 Å². The van der Waals surface area contributed by atoms with Gasteiger partial charge in [0.25, 0.3) is 30.4 Å². The van der Waals surface area contributed by atoms with Gasteiger partial charge in [-0.05, 0) is 89.6 Å². The first-order valence-corrected chi connectivity index (χ1v) is 19.0. The molecule has 3 radical (unpaired) electrons. The second kappa shape index (κ2) is 18.1. The number of aromatic hydroxyl groups is 2. The van der Waals surface area contributed by atoms with Crippen molar-refractivity contribution >= 4 is 186 Å². The van der Waals surface area contributed by atoms with Crippen molar-refractivity contribution in [2.75, 3.05) is 16.8 Å². The van der Waals surface area contributed by atoms with E-state index in [-0.39, 0.29) is 144 Å². The monoisotopic (exact) mass is 848 g/mol. The summed E-state index contributed by atoms with van der Waals surface area (Å²) >= 11 is 0. The SMILES string of the molecule is Nc1ccc2cc(S(=O)(=O)O)c(N=Nc3ccc(Nc4ccc(N=Nc5c(S(=O)(=O)O)cc6ccc(N)cc6c5O)cc4S(=O)(=O)O)cc3)c(O)c2c1.[Na].[Na].[Na]. The minimum atomic E-state index is -4.93. The molecule has 6 aromatic carbocycles. The Bertz CT molecular complexity index is 2900. The van der Waals surface area contributed by atoms with Gasteiger partial charge in [-0.2, -0.15) is 35.5 Å². The molecule has 0 heterocycles. The van der Waals surface area contributed by atoms with E-state index in [0.717, 1.165) is 18.2 Å². The van der Waals surface area contributed by atoms with Gasteiger partial charge in [-0.15, -0.1) is 10.2 Å². The van der Waals surface area contributed by atoms with Crippen LogP contribution in [0.25, 0.3) is 21.5 Å². The molecule has 0 bridgehead atoms. The van der Waals surface area contributed by atoms with E-state index in [9.17, 15) is 49.1 Å². The Morgan fingerprint density at radius 2 is 0.893 bits per heavy atom. The van der Waals surface area contributed by atoms with Crippen LogP contribution < -0.4 is 16.8 Å². The van der Waals surface area contributed by atoms with Crippen molar-refractivity contribution in [2.24, 2.45) is 20.5 Å². The maximum Gasteiger partial charge on any atom is 0.296 e. The number of nitrogen functional groups attached to an aromatic ring is 2. The largest absolute Gasteiger partial charge is 0.505 e. The molecule has 0 saturated carbocycles. The molecule has 0 saturated heterocycles. The zero-order valence-electron chi connectivity index (χ0n) is 29.5. The first-order chi connectivity index (χ1) is 24.8. The van der Waals surface area contributed by atoms with E-state index in [4.69, 9.17) is 11.5 Å². The predicted molar refractivity (Wildman–Crippen MR) is 211 cm³/mol. The van der Waals surface area contributed by atoms with Gasteiger partial charge in [0.1, 0.15) is 26.1 Å². The van der Waals surface area contributed by atoms with E-state index in [1.165, 1.54) is 72.8 Å². The molecule has 6 rings (SSSR count). The van der Waals surface area contributed by atoms with Gasteiger partial charge in [-0.25, -0.2) is 0 Å². The fourth-order valence-corrected chi connectivity index (χ4v) is 7.16. The van der Waals surface area contributed by atoms with Gasteiger partial charge >= 0.3 is 0 Å². The third-order valence-corrected chi connectivity index (χ3v) is 10.3. The molecule has 0 amide bonds. The van der Waals surface area contributed by atoms with Crippen molar-refractivity contribution in [3.63, 3.8) is 0 Å². The number of nitrogens with zero attached hydrogens (tertiary/aromatic N) is 4. The number of benzene rings is 6. The molecule has 18 nitrogen and oxygen atoms in total. The van der Waals surface area contributed by atoms with E-state index in [0.29, 0.717) is 0 Å². The quantitative estimate of drug-likeness (QED) is 0.0372. The van der Waals surface area contributed by atoms with Gasteiger partial charge in [0, 0.05) is 117 Å². The number of nitrogens with one attached hydrogen (secondary N) is 1. The Morgan fingerprint density at radius 1 is 0.482 bits per heavy atom. The van der Waals surface area contributed by atoms with Crippen molar-refractivity contribution in [1.29, 1.82) is 0 Å². The van der Waals surface area contributed by atoms with Gasteiger partial charge in [0.2, 0.25) is 0 Å². The Morgan fingerprint density at radius 3 is 1.32 bits per heavy atom. The Hall–Kier alpha value is -3.23. The number of nitrogens with two attached hydrogens (primary N) is 2. The molecule has 275 valence electrons. The minimum absolute atomic E-state index is 0. The molecular weight excluding hydrogens is 824 g/mol. The minimum Gasteiger partial charge on any atom is -0.505 e. The fraction of sp³-hybridized carbons (Fsp3) is 0. The summed E-state index contributed by atoms with van der Waals surface area (Å²) in [5.74, 6) is -1.27. The van der Waals surface area contributed by atoms with Crippen LogP contribution in [0.5, 0.6) is 11.5 Å². The Labute approximate surface area is 385 Å². The van der Waals surface area contributed by atoms with Gasteiger partial charge in [0.05, 0.1) is 17.1 Å². The Balaban J connectivity index is 0.00000280. The molecule has 6 aromatic rings. The fourth-order valence-electron chi connectivity index (χ4n) is 5.18. The van der Waals surface area contributed by atoms with Crippen LogP contribution in [0, 0.1) is 0 Å². The van der Waals surface area contributed by atoms with Crippen LogP contribution in [0.3, 0.4) is 0 Å². The number of rotatable bonds is 9. The van der Waals surface area contributed by atoms with E-state index >= 15 is 0 Å². The molecule has 0 aliphatic carbocycles. The number of phenols is 2. The van der Waals surface area contributed by atoms with Gasteiger partial charge < -0.3 is 27.0 Å². The van der Waals surface area contributed by atoms with Crippen molar-refractivity contribution in [3.8, 4) is 11.5 Å². The number of fused-ring (bicyclic) bond motifs is 2. The maximum absolute atomic E-state index is 12.4. The summed E-state index contributed by atoms with van der Waals surface area (Å²) in [4.78, 5) is -2.16. The van der Waals surface area contributed by atoms with Crippen LogP contribution in [0.2, 0.25) is 0 Å². The van der Waals surface area contributed by atoms with Crippen LogP contribution >= 0.6 is 0 Å². The van der Waals surface area contributed by atoms with E-state index in [1.807, 2.05) is 0 Å². The summed E-state index contributed by atoms with van der Waals surface area (Å²) in [6.45, 7) is 0. The third kappa shape index (κ3) is 10.4. The van der Waals surface area contributed by atoms with Crippen molar-refractivity contribution in [1.82, 2.24) is 0 Å². The summed E-state index contributed by atoms with van der Waals surface area (Å²) < 4.78 is 103. The maximum atomic E-state index is 12.4.